The molecule has 178 valence electrons. The molecule has 3 N–H and O–H groups in total. The molecule has 33 heavy (non-hydrogen) atoms. The van der Waals surface area contributed by atoms with Gasteiger partial charge in [-0.1, -0.05) is 48.9 Å². The van der Waals surface area contributed by atoms with Gasteiger partial charge < -0.3 is 15.8 Å². The largest absolute Gasteiger partial charge is 0.453 e. The number of halogens is 1. The van der Waals surface area contributed by atoms with Gasteiger partial charge in [0.15, 0.2) is 0 Å². The van der Waals surface area contributed by atoms with E-state index in [-0.39, 0.29) is 23.2 Å². The topological polar surface area (TPSA) is 67.6 Å². The van der Waals surface area contributed by atoms with Crippen LogP contribution in [0.15, 0.2) is 54.6 Å². The lowest BCUT2D eigenvalue weighted by Crippen LogP contribution is -2.56. The van der Waals surface area contributed by atoms with Gasteiger partial charge in [-0.25, -0.2) is 9.18 Å². The molecule has 1 aliphatic heterocycles. The zero-order chi connectivity index (χ0) is 23.3. The Morgan fingerprint density at radius 1 is 1.12 bits per heavy atom. The van der Waals surface area contributed by atoms with E-state index >= 15 is 0 Å². The summed E-state index contributed by atoms with van der Waals surface area (Å²) < 4.78 is 19.3. The Bertz CT molecular complexity index is 917. The molecule has 6 heteroatoms. The van der Waals surface area contributed by atoms with E-state index in [4.69, 9.17) is 10.5 Å². The minimum atomic E-state index is -0.408. The van der Waals surface area contributed by atoms with Gasteiger partial charge in [-0.2, -0.15) is 0 Å². The summed E-state index contributed by atoms with van der Waals surface area (Å²) in [6.07, 6.45) is 4.47. The Hall–Kier alpha value is -2.44. The van der Waals surface area contributed by atoms with Crippen LogP contribution in [0.2, 0.25) is 0 Å². The second kappa shape index (κ2) is 10.7. The third kappa shape index (κ3) is 5.07. The normalized spacial score (nSPS) is 23.7. The maximum atomic E-state index is 14.4. The second-order valence-electron chi connectivity index (χ2n) is 9.57. The highest BCUT2D eigenvalue weighted by molar-refractivity contribution is 5.67. The Kier molecular flexibility index (Phi) is 7.66. The zero-order valence-electron chi connectivity index (χ0n) is 19.5. The monoisotopic (exact) mass is 453 g/mol. The average Bonchev–Trinajstić information content (AvgIpc) is 3.30. The van der Waals surface area contributed by atoms with Crippen LogP contribution in [0.25, 0.3) is 0 Å². The lowest BCUT2D eigenvalue weighted by molar-refractivity contribution is 0.0764. The molecule has 1 amide bonds. The summed E-state index contributed by atoms with van der Waals surface area (Å²) in [5.74, 6) is 0.234. The number of methoxy groups -OCH3 is 1. The molecule has 1 saturated carbocycles. The summed E-state index contributed by atoms with van der Waals surface area (Å²) in [6, 6.07) is 17.5. The van der Waals surface area contributed by atoms with Crippen molar-refractivity contribution >= 4 is 6.09 Å². The maximum Gasteiger partial charge on any atom is 0.407 e. The van der Waals surface area contributed by atoms with Crippen LogP contribution in [0.4, 0.5) is 9.18 Å². The Labute approximate surface area is 196 Å². The molecule has 2 fully saturated rings. The van der Waals surface area contributed by atoms with Crippen LogP contribution >= 0.6 is 0 Å². The fourth-order valence-corrected chi connectivity index (χ4v) is 6.37. The molecule has 0 spiro atoms. The van der Waals surface area contributed by atoms with Gasteiger partial charge in [-0.15, -0.1) is 0 Å². The van der Waals surface area contributed by atoms with E-state index in [1.54, 1.807) is 12.1 Å². The Balaban J connectivity index is 1.60. The second-order valence-corrected chi connectivity index (χ2v) is 9.57. The van der Waals surface area contributed by atoms with Crippen molar-refractivity contribution in [1.82, 2.24) is 10.2 Å². The number of likely N-dealkylation sites (tertiary alicyclic amines) is 1. The molecule has 2 aliphatic rings. The number of nitrogens with one attached hydrogen (secondary N) is 1. The number of alkyl carbamates (subject to hydrolysis) is 1. The van der Waals surface area contributed by atoms with Crippen molar-refractivity contribution in [2.24, 2.45) is 17.6 Å². The van der Waals surface area contributed by atoms with Crippen LogP contribution in [0, 0.1) is 17.7 Å². The number of hydrogen-bond acceptors (Lipinski definition) is 4. The van der Waals surface area contributed by atoms with Crippen molar-refractivity contribution in [2.45, 2.75) is 50.1 Å². The SMILES string of the molecule is COC(=O)NC1CCCC1C(CN)(c1cccc(F)c1)C1CCN(Cc2ccccc2)CC1. The molecular weight excluding hydrogens is 417 g/mol. The van der Waals surface area contributed by atoms with Crippen LogP contribution in [0.3, 0.4) is 0 Å². The molecule has 2 aromatic carbocycles. The number of benzene rings is 2. The Morgan fingerprint density at radius 2 is 1.88 bits per heavy atom. The van der Waals surface area contributed by atoms with Gasteiger partial charge in [0, 0.05) is 24.5 Å². The molecule has 1 heterocycles. The van der Waals surface area contributed by atoms with E-state index < -0.39 is 6.09 Å². The summed E-state index contributed by atoms with van der Waals surface area (Å²) >= 11 is 0. The number of amides is 1. The van der Waals surface area contributed by atoms with Crippen LogP contribution in [-0.2, 0) is 16.7 Å². The third-order valence-corrected chi connectivity index (χ3v) is 7.93. The highest BCUT2D eigenvalue weighted by Crippen LogP contribution is 2.50. The fraction of sp³-hybridized carbons (Fsp3) is 0.519. The molecule has 5 nitrogen and oxygen atoms in total. The molecular formula is C27H36FN3O2. The minimum Gasteiger partial charge on any atom is -0.453 e. The van der Waals surface area contributed by atoms with Crippen LogP contribution in [0.5, 0.6) is 0 Å². The van der Waals surface area contributed by atoms with Gasteiger partial charge in [0.2, 0.25) is 0 Å². The summed E-state index contributed by atoms with van der Waals surface area (Å²) in [5.41, 5.74) is 8.51. The fourth-order valence-electron chi connectivity index (χ4n) is 6.37. The summed E-state index contributed by atoms with van der Waals surface area (Å²) in [6.45, 7) is 3.35. The van der Waals surface area contributed by atoms with Crippen molar-refractivity contribution in [2.75, 3.05) is 26.7 Å². The van der Waals surface area contributed by atoms with E-state index in [0.29, 0.717) is 12.5 Å². The zero-order valence-corrected chi connectivity index (χ0v) is 19.5. The van der Waals surface area contributed by atoms with Gasteiger partial charge in [0.25, 0.3) is 0 Å². The van der Waals surface area contributed by atoms with E-state index in [9.17, 15) is 9.18 Å². The van der Waals surface area contributed by atoms with E-state index in [2.05, 4.69) is 34.5 Å². The number of carbonyl (C=O) groups is 1. The first-order chi connectivity index (χ1) is 16.1. The van der Waals surface area contributed by atoms with Crippen LogP contribution in [-0.4, -0.2) is 43.8 Å². The van der Waals surface area contributed by atoms with Gasteiger partial charge in [-0.05, 0) is 73.9 Å². The molecule has 3 unspecified atom stereocenters. The number of nitrogens with zero attached hydrogens (tertiary/aromatic N) is 1. The predicted molar refractivity (Wildman–Crippen MR) is 128 cm³/mol. The first kappa shape index (κ1) is 23.7. The Morgan fingerprint density at radius 3 is 2.55 bits per heavy atom. The van der Waals surface area contributed by atoms with Crippen LogP contribution < -0.4 is 11.1 Å². The maximum absolute atomic E-state index is 14.4. The van der Waals surface area contributed by atoms with Crippen molar-refractivity contribution in [3.63, 3.8) is 0 Å². The summed E-state index contributed by atoms with van der Waals surface area (Å²) in [5, 5.41) is 3.06. The lowest BCUT2D eigenvalue weighted by atomic mass is 9.58. The number of carbonyl (C=O) groups excluding carboxylic acids is 1. The molecule has 2 aromatic rings. The van der Waals surface area contributed by atoms with Crippen molar-refractivity contribution in [3.8, 4) is 0 Å². The number of piperidine rings is 1. The van der Waals surface area contributed by atoms with Crippen molar-refractivity contribution in [3.05, 3.63) is 71.5 Å². The van der Waals surface area contributed by atoms with E-state index in [1.165, 1.54) is 18.7 Å². The quantitative estimate of drug-likeness (QED) is 0.650. The molecule has 0 bridgehead atoms. The third-order valence-electron chi connectivity index (χ3n) is 7.93. The molecule has 1 aliphatic carbocycles. The summed E-state index contributed by atoms with van der Waals surface area (Å²) in [7, 11) is 1.39. The summed E-state index contributed by atoms with van der Waals surface area (Å²) in [4.78, 5) is 14.6. The highest BCUT2D eigenvalue weighted by Gasteiger charge is 2.51. The van der Waals surface area contributed by atoms with Gasteiger partial charge in [-0.3, -0.25) is 4.90 Å². The van der Waals surface area contributed by atoms with E-state index in [1.807, 2.05) is 12.1 Å². The van der Waals surface area contributed by atoms with Crippen molar-refractivity contribution < 1.29 is 13.9 Å². The highest BCUT2D eigenvalue weighted by atomic mass is 19.1. The number of ether oxygens (including phenoxy) is 1. The molecule has 3 atom stereocenters. The predicted octanol–water partition coefficient (Wildman–Crippen LogP) is 4.46. The number of hydrogen-bond donors (Lipinski definition) is 2. The molecule has 0 radical (unpaired) electrons. The minimum absolute atomic E-state index is 0.0217. The van der Waals surface area contributed by atoms with Gasteiger partial charge in [0.05, 0.1) is 7.11 Å². The number of rotatable bonds is 7. The average molecular weight is 454 g/mol. The van der Waals surface area contributed by atoms with Crippen LogP contribution in [0.1, 0.15) is 43.2 Å². The lowest BCUT2D eigenvalue weighted by Gasteiger charge is -2.50. The first-order valence-corrected chi connectivity index (χ1v) is 12.1. The molecule has 0 aromatic heterocycles. The standard InChI is InChI=1S/C27H36FN3O2/c1-33-26(32)30-25-12-6-11-24(25)27(19-29,22-9-5-10-23(28)17-22)21-13-15-31(16-14-21)18-20-7-3-2-4-8-20/h2-5,7-10,17,21,24-25H,6,11-16,18-19,29H2,1H3,(H,30,32). The first-order valence-electron chi connectivity index (χ1n) is 12.1. The van der Waals surface area contributed by atoms with E-state index in [0.717, 1.165) is 57.3 Å². The smallest absolute Gasteiger partial charge is 0.407 e. The van der Waals surface area contributed by atoms with Gasteiger partial charge >= 0.3 is 6.09 Å². The van der Waals surface area contributed by atoms with Gasteiger partial charge in [0.1, 0.15) is 5.82 Å². The number of nitrogens with two attached hydrogens (primary N) is 1. The molecule has 1 saturated heterocycles. The van der Waals surface area contributed by atoms with Crippen molar-refractivity contribution in [1.29, 1.82) is 0 Å². The molecule has 4 rings (SSSR count).